The number of nitrogens with zero attached hydrogens (tertiary/aromatic N) is 1. The molecule has 5 heteroatoms. The summed E-state index contributed by atoms with van der Waals surface area (Å²) in [4.78, 5) is 23.9. The van der Waals surface area contributed by atoms with Gasteiger partial charge in [-0.2, -0.15) is 0 Å². The number of carboxylic acids is 1. The number of carboxylic acid groups (broad SMARTS) is 1. The van der Waals surface area contributed by atoms with E-state index >= 15 is 0 Å². The van der Waals surface area contributed by atoms with Crippen molar-refractivity contribution in [3.8, 4) is 5.75 Å². The van der Waals surface area contributed by atoms with Crippen molar-refractivity contribution < 1.29 is 19.4 Å². The van der Waals surface area contributed by atoms with Gasteiger partial charge in [0.25, 0.3) is 5.91 Å². The highest BCUT2D eigenvalue weighted by Gasteiger charge is 2.13. The summed E-state index contributed by atoms with van der Waals surface area (Å²) in [6.45, 7) is 4.00. The lowest BCUT2D eigenvalue weighted by atomic mass is 10.2. The Bertz CT molecular complexity index is 457. The molecule has 1 amide bonds. The van der Waals surface area contributed by atoms with Crippen LogP contribution in [0.1, 0.15) is 30.6 Å². The van der Waals surface area contributed by atoms with Crippen LogP contribution in [0.3, 0.4) is 0 Å². The van der Waals surface area contributed by atoms with Gasteiger partial charge in [-0.15, -0.1) is 0 Å². The summed E-state index contributed by atoms with van der Waals surface area (Å²) >= 11 is 0. The van der Waals surface area contributed by atoms with Gasteiger partial charge in [0, 0.05) is 19.2 Å². The lowest BCUT2D eigenvalue weighted by molar-refractivity contribution is -0.137. The lowest BCUT2D eigenvalue weighted by Gasteiger charge is -2.17. The van der Waals surface area contributed by atoms with Crippen LogP contribution in [-0.2, 0) is 4.79 Å². The molecule has 0 aliphatic heterocycles. The van der Waals surface area contributed by atoms with Crippen molar-refractivity contribution in [2.24, 2.45) is 0 Å². The monoisotopic (exact) mass is 265 g/mol. The largest absolute Gasteiger partial charge is 0.491 e. The van der Waals surface area contributed by atoms with Gasteiger partial charge in [-0.1, -0.05) is 6.07 Å². The fourth-order valence-corrected chi connectivity index (χ4v) is 1.56. The second-order valence-corrected chi connectivity index (χ2v) is 4.56. The first-order chi connectivity index (χ1) is 8.90. The van der Waals surface area contributed by atoms with Crippen LogP contribution < -0.4 is 4.74 Å². The van der Waals surface area contributed by atoms with Crippen molar-refractivity contribution in [3.63, 3.8) is 0 Å². The van der Waals surface area contributed by atoms with E-state index in [4.69, 9.17) is 9.84 Å². The predicted octanol–water partition coefficient (Wildman–Crippen LogP) is 2.02. The number of amides is 1. The Hall–Kier alpha value is -2.04. The molecular weight excluding hydrogens is 246 g/mol. The summed E-state index contributed by atoms with van der Waals surface area (Å²) in [6, 6.07) is 6.89. The molecule has 1 N–H and O–H groups in total. The van der Waals surface area contributed by atoms with E-state index in [9.17, 15) is 9.59 Å². The Morgan fingerprint density at radius 1 is 1.37 bits per heavy atom. The topological polar surface area (TPSA) is 66.8 Å². The van der Waals surface area contributed by atoms with E-state index in [0.29, 0.717) is 11.3 Å². The Morgan fingerprint density at radius 3 is 2.63 bits per heavy atom. The summed E-state index contributed by atoms with van der Waals surface area (Å²) in [5.74, 6) is -0.500. The summed E-state index contributed by atoms with van der Waals surface area (Å²) in [5.41, 5.74) is 0.492. The number of carbonyl (C=O) groups is 2. The van der Waals surface area contributed by atoms with Crippen molar-refractivity contribution in [2.75, 3.05) is 13.6 Å². The summed E-state index contributed by atoms with van der Waals surface area (Å²) in [6.07, 6.45) is -0.0279. The molecule has 0 aromatic heterocycles. The maximum absolute atomic E-state index is 12.1. The zero-order valence-electron chi connectivity index (χ0n) is 11.4. The van der Waals surface area contributed by atoms with Crippen LogP contribution in [-0.4, -0.2) is 41.6 Å². The number of carbonyl (C=O) groups excluding carboxylic acids is 1. The third-order valence-electron chi connectivity index (χ3n) is 2.46. The van der Waals surface area contributed by atoms with E-state index in [1.165, 1.54) is 4.90 Å². The maximum Gasteiger partial charge on any atom is 0.305 e. The van der Waals surface area contributed by atoms with Crippen LogP contribution in [0.25, 0.3) is 0 Å². The molecule has 0 unspecified atom stereocenters. The van der Waals surface area contributed by atoms with Gasteiger partial charge in [0.1, 0.15) is 5.75 Å². The molecule has 1 aromatic rings. The van der Waals surface area contributed by atoms with Crippen LogP contribution in [0.2, 0.25) is 0 Å². The number of hydrogen-bond acceptors (Lipinski definition) is 3. The van der Waals surface area contributed by atoms with E-state index in [-0.39, 0.29) is 25.0 Å². The molecule has 104 valence electrons. The highest BCUT2D eigenvalue weighted by Crippen LogP contribution is 2.16. The minimum atomic E-state index is -0.920. The number of hydrogen-bond donors (Lipinski definition) is 1. The molecule has 19 heavy (non-hydrogen) atoms. The van der Waals surface area contributed by atoms with E-state index in [2.05, 4.69) is 0 Å². The summed E-state index contributed by atoms with van der Waals surface area (Å²) < 4.78 is 5.52. The van der Waals surface area contributed by atoms with E-state index in [0.717, 1.165) is 0 Å². The van der Waals surface area contributed by atoms with E-state index < -0.39 is 5.97 Å². The molecule has 0 bridgehead atoms. The number of benzene rings is 1. The number of ether oxygens (including phenoxy) is 1. The van der Waals surface area contributed by atoms with Crippen molar-refractivity contribution in [3.05, 3.63) is 29.8 Å². The molecule has 1 aromatic carbocycles. The Labute approximate surface area is 112 Å². The second kappa shape index (κ2) is 6.78. The van der Waals surface area contributed by atoms with Gasteiger partial charge < -0.3 is 14.7 Å². The average Bonchev–Trinajstić information content (AvgIpc) is 2.34. The second-order valence-electron chi connectivity index (χ2n) is 4.56. The van der Waals surface area contributed by atoms with Gasteiger partial charge in [0.05, 0.1) is 12.5 Å². The SMILES string of the molecule is CC(C)Oc1cccc(C(=O)N(C)CCC(=O)O)c1. The molecular formula is C14H19NO4. The molecule has 0 aliphatic carbocycles. The maximum atomic E-state index is 12.1. The van der Waals surface area contributed by atoms with Crippen molar-refractivity contribution in [1.29, 1.82) is 0 Å². The van der Waals surface area contributed by atoms with E-state index in [1.807, 2.05) is 13.8 Å². The van der Waals surface area contributed by atoms with Crippen molar-refractivity contribution in [2.45, 2.75) is 26.4 Å². The first-order valence-corrected chi connectivity index (χ1v) is 6.14. The predicted molar refractivity (Wildman–Crippen MR) is 71.4 cm³/mol. The van der Waals surface area contributed by atoms with E-state index in [1.54, 1.807) is 31.3 Å². The molecule has 0 heterocycles. The highest BCUT2D eigenvalue weighted by molar-refractivity contribution is 5.94. The molecule has 1 rings (SSSR count). The Balaban J connectivity index is 2.73. The van der Waals surface area contributed by atoms with Gasteiger partial charge in [-0.25, -0.2) is 0 Å². The molecule has 0 spiro atoms. The smallest absolute Gasteiger partial charge is 0.305 e. The molecule has 0 atom stereocenters. The lowest BCUT2D eigenvalue weighted by Crippen LogP contribution is -2.29. The summed E-state index contributed by atoms with van der Waals surface area (Å²) in [7, 11) is 1.58. The first-order valence-electron chi connectivity index (χ1n) is 6.14. The van der Waals surface area contributed by atoms with Crippen LogP contribution in [0.15, 0.2) is 24.3 Å². The van der Waals surface area contributed by atoms with Crippen molar-refractivity contribution in [1.82, 2.24) is 4.90 Å². The zero-order chi connectivity index (χ0) is 14.4. The van der Waals surface area contributed by atoms with Crippen LogP contribution >= 0.6 is 0 Å². The first kappa shape index (κ1) is 15.0. The highest BCUT2D eigenvalue weighted by atomic mass is 16.5. The number of rotatable bonds is 6. The average molecular weight is 265 g/mol. The fourth-order valence-electron chi connectivity index (χ4n) is 1.56. The quantitative estimate of drug-likeness (QED) is 0.854. The summed E-state index contributed by atoms with van der Waals surface area (Å²) in [5, 5.41) is 8.60. The van der Waals surface area contributed by atoms with Gasteiger partial charge in [0.15, 0.2) is 0 Å². The number of aliphatic carboxylic acids is 1. The Morgan fingerprint density at radius 2 is 2.05 bits per heavy atom. The molecule has 0 saturated heterocycles. The Kier molecular flexibility index (Phi) is 5.36. The van der Waals surface area contributed by atoms with Crippen LogP contribution in [0.5, 0.6) is 5.75 Å². The third-order valence-corrected chi connectivity index (χ3v) is 2.46. The zero-order valence-corrected chi connectivity index (χ0v) is 11.4. The minimum Gasteiger partial charge on any atom is -0.491 e. The van der Waals surface area contributed by atoms with Gasteiger partial charge in [0.2, 0.25) is 0 Å². The van der Waals surface area contributed by atoms with Crippen molar-refractivity contribution >= 4 is 11.9 Å². The van der Waals surface area contributed by atoms with Crippen LogP contribution in [0, 0.1) is 0 Å². The molecule has 0 fully saturated rings. The van der Waals surface area contributed by atoms with Crippen LogP contribution in [0.4, 0.5) is 0 Å². The molecule has 0 radical (unpaired) electrons. The van der Waals surface area contributed by atoms with Gasteiger partial charge in [-0.05, 0) is 32.0 Å². The minimum absolute atomic E-state index is 0.0371. The fraction of sp³-hybridized carbons (Fsp3) is 0.429. The molecule has 0 aliphatic rings. The molecule has 0 saturated carbocycles. The van der Waals surface area contributed by atoms with Gasteiger partial charge >= 0.3 is 5.97 Å². The molecule has 5 nitrogen and oxygen atoms in total. The standard InChI is InChI=1S/C14H19NO4/c1-10(2)19-12-6-4-5-11(9-12)14(18)15(3)8-7-13(16)17/h4-6,9-10H,7-8H2,1-3H3,(H,16,17). The van der Waals surface area contributed by atoms with Gasteiger partial charge in [-0.3, -0.25) is 9.59 Å². The third kappa shape index (κ3) is 4.99. The normalized spacial score (nSPS) is 10.3.